The van der Waals surface area contributed by atoms with Crippen molar-refractivity contribution < 1.29 is 44.3 Å². The van der Waals surface area contributed by atoms with Crippen molar-refractivity contribution in [2.75, 3.05) is 0 Å². The molecule has 4 rings (SSSR count). The summed E-state index contributed by atoms with van der Waals surface area (Å²) in [6.45, 7) is 0. The molecular formula is C24H12F9NO. The topological polar surface area (TPSA) is 21.5 Å². The highest BCUT2D eigenvalue weighted by Gasteiger charge is 2.33. The van der Waals surface area contributed by atoms with Crippen LogP contribution in [0.1, 0.15) is 32.7 Å². The zero-order chi connectivity index (χ0) is 25.8. The van der Waals surface area contributed by atoms with E-state index < -0.39 is 41.0 Å². The predicted octanol–water partition coefficient (Wildman–Crippen LogP) is 7.89. The van der Waals surface area contributed by atoms with Crippen molar-refractivity contribution >= 4 is 11.3 Å². The van der Waals surface area contributed by atoms with Crippen molar-refractivity contribution in [2.45, 2.75) is 18.5 Å². The van der Waals surface area contributed by atoms with Crippen LogP contribution < -0.4 is 0 Å². The van der Waals surface area contributed by atoms with E-state index in [1.807, 2.05) is 0 Å². The van der Waals surface area contributed by atoms with Gasteiger partial charge in [-0.1, -0.05) is 24.3 Å². The fourth-order valence-corrected chi connectivity index (χ4v) is 3.58. The summed E-state index contributed by atoms with van der Waals surface area (Å²) < 4.78 is 118. The van der Waals surface area contributed by atoms with Gasteiger partial charge in [-0.3, -0.25) is 4.79 Å². The van der Waals surface area contributed by atoms with Crippen molar-refractivity contribution in [1.29, 1.82) is 0 Å². The molecule has 0 saturated carbocycles. The first-order valence-electron chi connectivity index (χ1n) is 9.78. The molecule has 0 amide bonds. The predicted molar refractivity (Wildman–Crippen MR) is 108 cm³/mol. The minimum atomic E-state index is -4.74. The first kappa shape index (κ1) is 24.4. The molecule has 2 nitrogen and oxygen atoms in total. The van der Waals surface area contributed by atoms with Gasteiger partial charge >= 0.3 is 18.5 Å². The zero-order valence-corrected chi connectivity index (χ0v) is 17.2. The smallest absolute Gasteiger partial charge is 0.313 e. The second-order valence-corrected chi connectivity index (χ2v) is 7.59. The molecule has 0 aliphatic carbocycles. The van der Waals surface area contributed by atoms with E-state index in [0.717, 1.165) is 53.1 Å². The second kappa shape index (κ2) is 8.17. The molecule has 2 aromatic heterocycles. The van der Waals surface area contributed by atoms with Crippen LogP contribution in [0.3, 0.4) is 0 Å². The van der Waals surface area contributed by atoms with Crippen molar-refractivity contribution in [3.8, 4) is 11.1 Å². The number of aromatic nitrogens is 1. The quantitative estimate of drug-likeness (QED) is 0.207. The lowest BCUT2D eigenvalue weighted by Crippen LogP contribution is -2.09. The maximum absolute atomic E-state index is 13.3. The first-order valence-corrected chi connectivity index (χ1v) is 9.78. The molecule has 2 heterocycles. The third kappa shape index (κ3) is 4.75. The lowest BCUT2D eigenvalue weighted by Gasteiger charge is -2.10. The highest BCUT2D eigenvalue weighted by Crippen LogP contribution is 2.37. The van der Waals surface area contributed by atoms with E-state index in [1.54, 1.807) is 0 Å². The van der Waals surface area contributed by atoms with E-state index in [-0.39, 0.29) is 27.9 Å². The number of carbonyl (C=O) groups excluding carboxylic acids is 1. The lowest BCUT2D eigenvalue weighted by atomic mass is 10.0. The fraction of sp³-hybridized carbons (Fsp3) is 0.125. The highest BCUT2D eigenvalue weighted by molar-refractivity contribution is 6.10. The normalized spacial score (nSPS) is 12.8. The second-order valence-electron chi connectivity index (χ2n) is 7.59. The minimum Gasteiger partial charge on any atom is -0.313 e. The molecule has 0 saturated heterocycles. The number of ketones is 1. The van der Waals surface area contributed by atoms with Gasteiger partial charge in [0, 0.05) is 17.3 Å². The van der Waals surface area contributed by atoms with Crippen LogP contribution in [-0.4, -0.2) is 10.2 Å². The van der Waals surface area contributed by atoms with E-state index >= 15 is 0 Å². The average molecular weight is 501 g/mol. The van der Waals surface area contributed by atoms with Crippen molar-refractivity contribution in [1.82, 2.24) is 4.40 Å². The highest BCUT2D eigenvalue weighted by atomic mass is 19.4. The van der Waals surface area contributed by atoms with Crippen molar-refractivity contribution in [2.24, 2.45) is 0 Å². The molecule has 4 aromatic rings. The summed E-state index contributed by atoms with van der Waals surface area (Å²) in [5.41, 5.74) is -3.31. The third-order valence-corrected chi connectivity index (χ3v) is 5.33. The molecule has 0 bridgehead atoms. The molecule has 0 aliphatic rings. The van der Waals surface area contributed by atoms with Gasteiger partial charge in [0.15, 0.2) is 0 Å². The number of halogens is 9. The maximum Gasteiger partial charge on any atom is 0.416 e. The van der Waals surface area contributed by atoms with E-state index in [1.165, 1.54) is 6.07 Å². The van der Waals surface area contributed by atoms with E-state index in [2.05, 4.69) is 0 Å². The Morgan fingerprint density at radius 3 is 1.57 bits per heavy atom. The number of benzene rings is 2. The molecule has 0 atom stereocenters. The first-order chi connectivity index (χ1) is 16.2. The lowest BCUT2D eigenvalue weighted by molar-refractivity contribution is -0.138. The maximum atomic E-state index is 13.3. The minimum absolute atomic E-state index is 0.0417. The number of rotatable bonds is 3. The van der Waals surface area contributed by atoms with E-state index in [9.17, 15) is 44.3 Å². The summed E-state index contributed by atoms with van der Waals surface area (Å²) in [5, 5.41) is 0. The Bertz CT molecular complexity index is 1390. The van der Waals surface area contributed by atoms with Gasteiger partial charge in [0.1, 0.15) is 0 Å². The van der Waals surface area contributed by atoms with Crippen LogP contribution in [0.5, 0.6) is 0 Å². The molecule has 0 fully saturated rings. The standard InChI is InChI=1S/C24H12F9NO/c25-22(26,27)15-5-1-13(2-6-15)18-12-20(34-10-9-17(11-19(18)34)24(31,32)33)21(35)14-3-7-16(8-4-14)23(28,29)30/h1-12H. The van der Waals surface area contributed by atoms with Crippen molar-refractivity contribution in [3.05, 3.63) is 101 Å². The molecule has 182 valence electrons. The summed E-state index contributed by atoms with van der Waals surface area (Å²) in [5.74, 6) is -0.786. The number of alkyl halides is 9. The Morgan fingerprint density at radius 2 is 1.09 bits per heavy atom. The average Bonchev–Trinajstić information content (AvgIpc) is 3.16. The van der Waals surface area contributed by atoms with Gasteiger partial charge in [-0.15, -0.1) is 0 Å². The molecule has 0 radical (unpaired) electrons. The van der Waals surface area contributed by atoms with Gasteiger partial charge in [0.2, 0.25) is 5.78 Å². The van der Waals surface area contributed by atoms with Gasteiger partial charge in [0.25, 0.3) is 0 Å². The van der Waals surface area contributed by atoms with Crippen LogP contribution in [0.25, 0.3) is 16.6 Å². The number of pyridine rings is 1. The molecule has 2 aromatic carbocycles. The molecule has 35 heavy (non-hydrogen) atoms. The number of hydrogen-bond donors (Lipinski definition) is 0. The Kier molecular flexibility index (Phi) is 5.69. The summed E-state index contributed by atoms with van der Waals surface area (Å²) in [7, 11) is 0. The Labute approximate surface area is 191 Å². The molecule has 0 spiro atoms. The summed E-state index contributed by atoms with van der Waals surface area (Å²) in [6, 6.07) is 9.55. The molecular weight excluding hydrogens is 489 g/mol. The van der Waals surface area contributed by atoms with Gasteiger partial charge in [0.05, 0.1) is 27.9 Å². The van der Waals surface area contributed by atoms with Gasteiger partial charge in [-0.05, 0) is 48.0 Å². The van der Waals surface area contributed by atoms with Crippen LogP contribution in [0.4, 0.5) is 39.5 Å². The van der Waals surface area contributed by atoms with Crippen LogP contribution in [0.2, 0.25) is 0 Å². The van der Waals surface area contributed by atoms with Crippen LogP contribution in [0, 0.1) is 0 Å². The summed E-state index contributed by atoms with van der Waals surface area (Å²) in [6.07, 6.45) is -13.0. The van der Waals surface area contributed by atoms with Crippen molar-refractivity contribution in [3.63, 3.8) is 0 Å². The van der Waals surface area contributed by atoms with Crippen LogP contribution in [-0.2, 0) is 18.5 Å². The zero-order valence-electron chi connectivity index (χ0n) is 17.2. The molecule has 11 heteroatoms. The largest absolute Gasteiger partial charge is 0.416 e. The number of carbonyl (C=O) groups is 1. The number of hydrogen-bond acceptors (Lipinski definition) is 1. The number of fused-ring (bicyclic) bond motifs is 1. The van der Waals surface area contributed by atoms with Gasteiger partial charge < -0.3 is 4.40 Å². The SMILES string of the molecule is O=C(c1ccc(C(F)(F)F)cc1)c1cc(-c2ccc(C(F)(F)F)cc2)c2cc(C(F)(F)F)ccn12. The third-order valence-electron chi connectivity index (χ3n) is 5.33. The fourth-order valence-electron chi connectivity index (χ4n) is 3.58. The van der Waals surface area contributed by atoms with Crippen LogP contribution >= 0.6 is 0 Å². The van der Waals surface area contributed by atoms with E-state index in [4.69, 9.17) is 0 Å². The molecule has 0 unspecified atom stereocenters. The Balaban J connectivity index is 1.86. The van der Waals surface area contributed by atoms with Crippen LogP contribution in [0.15, 0.2) is 72.9 Å². The summed E-state index contributed by atoms with van der Waals surface area (Å²) >= 11 is 0. The molecule has 0 N–H and O–H groups in total. The molecule has 0 aliphatic heterocycles. The van der Waals surface area contributed by atoms with Gasteiger partial charge in [-0.25, -0.2) is 0 Å². The van der Waals surface area contributed by atoms with Gasteiger partial charge in [-0.2, -0.15) is 39.5 Å². The summed E-state index contributed by atoms with van der Waals surface area (Å²) in [4.78, 5) is 13.1. The monoisotopic (exact) mass is 501 g/mol. The number of nitrogens with zero attached hydrogens (tertiary/aromatic N) is 1. The Morgan fingerprint density at radius 1 is 0.600 bits per heavy atom. The Hall–Kier alpha value is -3.76. The van der Waals surface area contributed by atoms with E-state index in [0.29, 0.717) is 18.2 Å².